The Labute approximate surface area is 115 Å². The second kappa shape index (κ2) is 5.30. The van der Waals surface area contributed by atoms with E-state index < -0.39 is 11.7 Å². The highest BCUT2D eigenvalue weighted by atomic mass is 19.4. The van der Waals surface area contributed by atoms with Gasteiger partial charge in [-0.2, -0.15) is 13.2 Å². The summed E-state index contributed by atoms with van der Waals surface area (Å²) in [5, 5.41) is 0. The van der Waals surface area contributed by atoms with Crippen molar-refractivity contribution >= 4 is 11.7 Å². The van der Waals surface area contributed by atoms with E-state index in [0.29, 0.717) is 25.3 Å². The first kappa shape index (κ1) is 14.6. The van der Waals surface area contributed by atoms with Crippen LogP contribution in [-0.4, -0.2) is 43.0 Å². The van der Waals surface area contributed by atoms with Crippen LogP contribution in [0.15, 0.2) is 18.3 Å². The van der Waals surface area contributed by atoms with Crippen molar-refractivity contribution in [2.24, 2.45) is 5.92 Å². The number of rotatable bonds is 2. The molecule has 2 rings (SSSR count). The quantitative estimate of drug-likeness (QED) is 0.835. The van der Waals surface area contributed by atoms with Gasteiger partial charge in [-0.15, -0.1) is 0 Å². The summed E-state index contributed by atoms with van der Waals surface area (Å²) >= 11 is 0. The first-order chi connectivity index (χ1) is 9.29. The molecule has 0 saturated carbocycles. The lowest BCUT2D eigenvalue weighted by Gasteiger charge is -2.19. The number of halogens is 3. The predicted molar refractivity (Wildman–Crippen MR) is 68.3 cm³/mol. The highest BCUT2D eigenvalue weighted by Gasteiger charge is 2.32. The minimum atomic E-state index is -4.38. The highest BCUT2D eigenvalue weighted by Crippen LogP contribution is 2.30. The molecule has 0 radical (unpaired) electrons. The molecule has 0 bridgehead atoms. The largest absolute Gasteiger partial charge is 0.417 e. The number of aromatic nitrogens is 1. The highest BCUT2D eigenvalue weighted by molar-refractivity contribution is 5.79. The van der Waals surface area contributed by atoms with Crippen LogP contribution in [0.25, 0.3) is 0 Å². The summed E-state index contributed by atoms with van der Waals surface area (Å²) in [5.41, 5.74) is -0.763. The molecule has 1 aliphatic heterocycles. The lowest BCUT2D eigenvalue weighted by atomic mass is 10.1. The van der Waals surface area contributed by atoms with Crippen LogP contribution in [0, 0.1) is 5.92 Å². The van der Waals surface area contributed by atoms with Gasteiger partial charge >= 0.3 is 6.18 Å². The van der Waals surface area contributed by atoms with Crippen molar-refractivity contribution in [1.29, 1.82) is 0 Å². The van der Waals surface area contributed by atoms with Gasteiger partial charge < -0.3 is 9.80 Å². The summed E-state index contributed by atoms with van der Waals surface area (Å²) in [6, 6.07) is 2.37. The average molecular weight is 287 g/mol. The predicted octanol–water partition coefficient (Wildman–Crippen LogP) is 2.01. The third-order valence-electron chi connectivity index (χ3n) is 3.38. The maximum absolute atomic E-state index is 12.4. The molecule has 7 heteroatoms. The van der Waals surface area contributed by atoms with E-state index >= 15 is 0 Å². The lowest BCUT2D eigenvalue weighted by Crippen LogP contribution is -2.32. The molecule has 0 aliphatic carbocycles. The number of carbonyl (C=O) groups excluding carboxylic acids is 1. The van der Waals surface area contributed by atoms with Crippen molar-refractivity contribution in [3.63, 3.8) is 0 Å². The second-order valence-corrected chi connectivity index (χ2v) is 5.07. The van der Waals surface area contributed by atoms with Gasteiger partial charge in [-0.3, -0.25) is 4.79 Å². The van der Waals surface area contributed by atoms with Crippen molar-refractivity contribution in [2.45, 2.75) is 12.6 Å². The first-order valence-corrected chi connectivity index (χ1v) is 6.28. The molecule has 0 N–H and O–H groups in total. The number of hydrogen-bond acceptors (Lipinski definition) is 3. The normalized spacial score (nSPS) is 19.2. The van der Waals surface area contributed by atoms with E-state index in [1.165, 1.54) is 11.0 Å². The molecule has 0 spiro atoms. The number of amides is 1. The van der Waals surface area contributed by atoms with Gasteiger partial charge in [0.25, 0.3) is 0 Å². The topological polar surface area (TPSA) is 36.4 Å². The van der Waals surface area contributed by atoms with E-state index in [-0.39, 0.29) is 11.8 Å². The number of pyridine rings is 1. The molecule has 1 aliphatic rings. The van der Waals surface area contributed by atoms with Gasteiger partial charge in [0.2, 0.25) is 5.91 Å². The van der Waals surface area contributed by atoms with E-state index in [1.807, 2.05) is 4.90 Å². The van der Waals surface area contributed by atoms with Crippen LogP contribution in [0.5, 0.6) is 0 Å². The van der Waals surface area contributed by atoms with Crippen LogP contribution in [0.4, 0.5) is 19.0 Å². The molecule has 1 aromatic rings. The number of nitrogens with zero attached hydrogens (tertiary/aromatic N) is 3. The zero-order chi connectivity index (χ0) is 14.9. The van der Waals surface area contributed by atoms with Crippen LogP contribution in [0.3, 0.4) is 0 Å². The van der Waals surface area contributed by atoms with Gasteiger partial charge in [0.05, 0.1) is 11.5 Å². The van der Waals surface area contributed by atoms with E-state index in [4.69, 9.17) is 0 Å². The van der Waals surface area contributed by atoms with Crippen molar-refractivity contribution in [1.82, 2.24) is 9.88 Å². The van der Waals surface area contributed by atoms with Crippen molar-refractivity contribution in [3.05, 3.63) is 23.9 Å². The Morgan fingerprint density at radius 2 is 2.10 bits per heavy atom. The number of carbonyl (C=O) groups is 1. The van der Waals surface area contributed by atoms with Gasteiger partial charge in [-0.25, -0.2) is 4.98 Å². The van der Waals surface area contributed by atoms with Crippen LogP contribution >= 0.6 is 0 Å². The summed E-state index contributed by atoms with van der Waals surface area (Å²) < 4.78 is 37.3. The fraction of sp³-hybridized carbons (Fsp3) is 0.538. The van der Waals surface area contributed by atoms with E-state index in [0.717, 1.165) is 12.3 Å². The number of hydrogen-bond donors (Lipinski definition) is 0. The Hall–Kier alpha value is -1.79. The van der Waals surface area contributed by atoms with Crippen LogP contribution in [0.2, 0.25) is 0 Å². The summed E-state index contributed by atoms with van der Waals surface area (Å²) in [6.07, 6.45) is -2.85. The molecule has 1 unspecified atom stereocenters. The summed E-state index contributed by atoms with van der Waals surface area (Å²) in [5.74, 6) is 0.403. The Balaban J connectivity index is 2.05. The smallest absolute Gasteiger partial charge is 0.356 e. The lowest BCUT2D eigenvalue weighted by molar-refractivity contribution is -0.137. The monoisotopic (exact) mass is 287 g/mol. The van der Waals surface area contributed by atoms with E-state index in [9.17, 15) is 18.0 Å². The maximum Gasteiger partial charge on any atom is 0.417 e. The maximum atomic E-state index is 12.4. The van der Waals surface area contributed by atoms with Gasteiger partial charge in [0, 0.05) is 33.4 Å². The molecule has 4 nitrogen and oxygen atoms in total. The van der Waals surface area contributed by atoms with Crippen molar-refractivity contribution in [2.75, 3.05) is 32.1 Å². The summed E-state index contributed by atoms with van der Waals surface area (Å²) in [7, 11) is 3.39. The molecule has 20 heavy (non-hydrogen) atoms. The van der Waals surface area contributed by atoms with Gasteiger partial charge in [-0.1, -0.05) is 0 Å². The third-order valence-corrected chi connectivity index (χ3v) is 3.38. The first-order valence-electron chi connectivity index (χ1n) is 6.28. The minimum absolute atomic E-state index is 0.0411. The fourth-order valence-corrected chi connectivity index (χ4v) is 2.28. The molecule has 110 valence electrons. The SMILES string of the molecule is CN(C)C(=O)C1CCN(c2ccc(C(F)(F)F)cn2)C1. The zero-order valence-electron chi connectivity index (χ0n) is 11.3. The van der Waals surface area contributed by atoms with Crippen molar-refractivity contribution in [3.8, 4) is 0 Å². The molecular formula is C13H16F3N3O. The summed E-state index contributed by atoms with van der Waals surface area (Å²) in [6.45, 7) is 1.12. The Morgan fingerprint density at radius 1 is 1.40 bits per heavy atom. The van der Waals surface area contributed by atoms with Gasteiger partial charge in [0.1, 0.15) is 5.82 Å². The van der Waals surface area contributed by atoms with Gasteiger partial charge in [0.15, 0.2) is 0 Å². The van der Waals surface area contributed by atoms with Crippen LogP contribution in [0.1, 0.15) is 12.0 Å². The Morgan fingerprint density at radius 3 is 2.60 bits per heavy atom. The summed E-state index contributed by atoms with van der Waals surface area (Å²) in [4.78, 5) is 19.1. The molecule has 1 fully saturated rings. The fourth-order valence-electron chi connectivity index (χ4n) is 2.28. The Kier molecular flexibility index (Phi) is 3.87. The Bertz CT molecular complexity index is 485. The van der Waals surface area contributed by atoms with Crippen molar-refractivity contribution < 1.29 is 18.0 Å². The number of alkyl halides is 3. The van der Waals surface area contributed by atoms with Gasteiger partial charge in [-0.05, 0) is 18.6 Å². The second-order valence-electron chi connectivity index (χ2n) is 5.07. The van der Waals surface area contributed by atoms with Crippen LogP contribution in [-0.2, 0) is 11.0 Å². The average Bonchev–Trinajstić information content (AvgIpc) is 2.86. The molecule has 2 heterocycles. The van der Waals surface area contributed by atoms with E-state index in [2.05, 4.69) is 4.98 Å². The molecule has 1 aromatic heterocycles. The molecule has 0 aromatic carbocycles. The third kappa shape index (κ3) is 3.02. The van der Waals surface area contributed by atoms with Crippen LogP contribution < -0.4 is 4.90 Å². The van der Waals surface area contributed by atoms with E-state index in [1.54, 1.807) is 14.1 Å². The minimum Gasteiger partial charge on any atom is -0.356 e. The zero-order valence-corrected chi connectivity index (χ0v) is 11.3. The molecule has 1 atom stereocenters. The molecule has 1 saturated heterocycles. The molecule has 1 amide bonds. The number of anilines is 1. The standard InChI is InChI=1S/C13H16F3N3O/c1-18(2)12(20)9-5-6-19(8-9)11-4-3-10(7-17-11)13(14,15)16/h3-4,7,9H,5-6,8H2,1-2H3. The molecular weight excluding hydrogens is 271 g/mol.